The number of unbranched alkanes of at least 4 members (excludes halogenated alkanes) is 13. The molecular formula is C29H49N2+. The van der Waals surface area contributed by atoms with E-state index in [0.29, 0.717) is 0 Å². The highest BCUT2D eigenvalue weighted by Crippen LogP contribution is 2.14. The van der Waals surface area contributed by atoms with Crippen LogP contribution in [-0.4, -0.2) is 4.57 Å². The van der Waals surface area contributed by atoms with Crippen molar-refractivity contribution in [3.63, 3.8) is 0 Å². The summed E-state index contributed by atoms with van der Waals surface area (Å²) in [5.41, 5.74) is 1.36. The smallest absolute Gasteiger partial charge is 0.237 e. The van der Waals surface area contributed by atoms with Crippen LogP contribution in [0.2, 0.25) is 0 Å². The highest BCUT2D eigenvalue weighted by atomic mass is 15.1. The monoisotopic (exact) mass is 425 g/mol. The summed E-state index contributed by atoms with van der Waals surface area (Å²) in [5.74, 6) is 0.886. The molecule has 0 atom stereocenters. The molecule has 2 rings (SSSR count). The summed E-state index contributed by atoms with van der Waals surface area (Å²) in [6.45, 7) is 6.79. The SMILES string of the molecule is CC(C)CCCCCCCCCCCCCCCC[n+]1ccn(Cc2ccccc2)c1. The maximum absolute atomic E-state index is 2.34. The lowest BCUT2D eigenvalue weighted by atomic mass is 10.0. The van der Waals surface area contributed by atoms with Crippen LogP contribution in [0, 0.1) is 5.92 Å². The molecule has 2 heteroatoms. The summed E-state index contributed by atoms with van der Waals surface area (Å²) in [7, 11) is 0. The van der Waals surface area contributed by atoms with Crippen molar-refractivity contribution >= 4 is 0 Å². The molecule has 0 saturated carbocycles. The molecule has 0 aliphatic rings. The first kappa shape index (κ1) is 25.7. The molecule has 2 nitrogen and oxygen atoms in total. The maximum atomic E-state index is 2.34. The van der Waals surface area contributed by atoms with Gasteiger partial charge in [-0.3, -0.25) is 0 Å². The van der Waals surface area contributed by atoms with Gasteiger partial charge in [-0.1, -0.05) is 128 Å². The molecule has 0 saturated heterocycles. The summed E-state index contributed by atoms with van der Waals surface area (Å²) in [5, 5.41) is 0. The lowest BCUT2D eigenvalue weighted by molar-refractivity contribution is -0.696. The van der Waals surface area contributed by atoms with Crippen LogP contribution < -0.4 is 4.57 Å². The first-order chi connectivity index (χ1) is 15.2. The summed E-state index contributed by atoms with van der Waals surface area (Å²) in [6, 6.07) is 10.7. The zero-order valence-corrected chi connectivity index (χ0v) is 20.6. The van der Waals surface area contributed by atoms with Crippen molar-refractivity contribution in [2.24, 2.45) is 5.92 Å². The van der Waals surface area contributed by atoms with Gasteiger partial charge < -0.3 is 0 Å². The van der Waals surface area contributed by atoms with Gasteiger partial charge in [0.05, 0.1) is 6.54 Å². The van der Waals surface area contributed by atoms with Crippen LogP contribution in [0.5, 0.6) is 0 Å². The van der Waals surface area contributed by atoms with Crippen LogP contribution in [0.4, 0.5) is 0 Å². The number of hydrogen-bond donors (Lipinski definition) is 0. The van der Waals surface area contributed by atoms with Crippen LogP contribution in [-0.2, 0) is 13.1 Å². The number of aryl methyl sites for hydroxylation is 1. The maximum Gasteiger partial charge on any atom is 0.244 e. The minimum absolute atomic E-state index is 0.886. The Hall–Kier alpha value is -1.57. The van der Waals surface area contributed by atoms with Crippen LogP contribution >= 0.6 is 0 Å². The Morgan fingerprint density at radius 1 is 0.677 bits per heavy atom. The minimum Gasteiger partial charge on any atom is -0.237 e. The summed E-state index contributed by atoms with van der Waals surface area (Å²) in [4.78, 5) is 0. The molecule has 0 spiro atoms. The molecule has 31 heavy (non-hydrogen) atoms. The van der Waals surface area contributed by atoms with E-state index >= 15 is 0 Å². The van der Waals surface area contributed by atoms with Gasteiger partial charge in [-0.25, -0.2) is 9.13 Å². The van der Waals surface area contributed by atoms with Gasteiger partial charge in [0.2, 0.25) is 6.33 Å². The van der Waals surface area contributed by atoms with Gasteiger partial charge in [0.15, 0.2) is 0 Å². The predicted molar refractivity (Wildman–Crippen MR) is 134 cm³/mol. The van der Waals surface area contributed by atoms with Crippen LogP contribution in [0.1, 0.15) is 116 Å². The van der Waals surface area contributed by atoms with E-state index in [-0.39, 0.29) is 0 Å². The average Bonchev–Trinajstić information content (AvgIpc) is 3.21. The van der Waals surface area contributed by atoms with Gasteiger partial charge >= 0.3 is 0 Å². The van der Waals surface area contributed by atoms with Crippen LogP contribution in [0.15, 0.2) is 49.1 Å². The third kappa shape index (κ3) is 13.4. The van der Waals surface area contributed by atoms with Crippen LogP contribution in [0.3, 0.4) is 0 Å². The van der Waals surface area contributed by atoms with E-state index < -0.39 is 0 Å². The summed E-state index contributed by atoms with van der Waals surface area (Å²) >= 11 is 0. The third-order valence-electron chi connectivity index (χ3n) is 6.40. The van der Waals surface area contributed by atoms with Crippen molar-refractivity contribution in [1.82, 2.24) is 4.57 Å². The fourth-order valence-corrected chi connectivity index (χ4v) is 4.43. The molecule has 0 radical (unpaired) electrons. The molecule has 174 valence electrons. The van der Waals surface area contributed by atoms with Gasteiger partial charge in [-0.05, 0) is 24.3 Å². The fourth-order valence-electron chi connectivity index (χ4n) is 4.43. The van der Waals surface area contributed by atoms with Crippen molar-refractivity contribution in [1.29, 1.82) is 0 Å². The lowest BCUT2D eigenvalue weighted by Gasteiger charge is -2.05. The van der Waals surface area contributed by atoms with E-state index in [2.05, 4.69) is 72.0 Å². The van der Waals surface area contributed by atoms with Gasteiger partial charge in [0, 0.05) is 0 Å². The molecule has 1 aromatic heterocycles. The number of nitrogens with zero attached hydrogens (tertiary/aromatic N) is 2. The summed E-state index contributed by atoms with van der Waals surface area (Å²) in [6.07, 6.45) is 28.1. The van der Waals surface area contributed by atoms with E-state index in [1.54, 1.807) is 0 Å². The number of rotatable bonds is 19. The second-order valence-corrected chi connectivity index (χ2v) is 9.94. The van der Waals surface area contributed by atoms with Gasteiger partial charge in [-0.15, -0.1) is 0 Å². The topological polar surface area (TPSA) is 8.81 Å². The average molecular weight is 426 g/mol. The van der Waals surface area contributed by atoms with E-state index in [1.807, 2.05) is 0 Å². The largest absolute Gasteiger partial charge is 0.244 e. The number of benzene rings is 1. The van der Waals surface area contributed by atoms with Gasteiger partial charge in [0.25, 0.3) is 0 Å². The second-order valence-electron chi connectivity index (χ2n) is 9.94. The van der Waals surface area contributed by atoms with Crippen molar-refractivity contribution in [3.8, 4) is 0 Å². The first-order valence-electron chi connectivity index (χ1n) is 13.3. The molecule has 1 aromatic carbocycles. The second kappa shape index (κ2) is 17.0. The Morgan fingerprint density at radius 2 is 1.19 bits per heavy atom. The van der Waals surface area contributed by atoms with Gasteiger partial charge in [0.1, 0.15) is 18.9 Å². The molecule has 0 aliphatic carbocycles. The van der Waals surface area contributed by atoms with Crippen molar-refractivity contribution in [2.75, 3.05) is 0 Å². The third-order valence-corrected chi connectivity index (χ3v) is 6.40. The molecule has 1 heterocycles. The van der Waals surface area contributed by atoms with Crippen molar-refractivity contribution < 1.29 is 4.57 Å². The molecule has 0 fully saturated rings. The molecular weight excluding hydrogens is 376 g/mol. The van der Waals surface area contributed by atoms with Crippen LogP contribution in [0.25, 0.3) is 0 Å². The van der Waals surface area contributed by atoms with E-state index in [1.165, 1.54) is 102 Å². The Kier molecular flexibility index (Phi) is 14.1. The first-order valence-corrected chi connectivity index (χ1v) is 13.3. The molecule has 0 N–H and O–H groups in total. The zero-order valence-electron chi connectivity index (χ0n) is 20.6. The standard InChI is InChI=1S/C29H49N2/c1-28(2)20-16-13-11-9-7-5-3-4-6-8-10-12-14-19-23-30-24-25-31(27-30)26-29-21-17-15-18-22-29/h15,17-18,21-22,24-25,27-28H,3-14,16,19-20,23,26H2,1-2H3/q+1. The normalized spacial score (nSPS) is 11.5. The van der Waals surface area contributed by atoms with E-state index in [4.69, 9.17) is 0 Å². The number of imidazole rings is 1. The highest BCUT2D eigenvalue weighted by molar-refractivity contribution is 5.14. The van der Waals surface area contributed by atoms with E-state index in [0.717, 1.165) is 19.0 Å². The predicted octanol–water partition coefficient (Wildman–Crippen LogP) is 8.33. The summed E-state index contributed by atoms with van der Waals surface area (Å²) < 4.78 is 4.62. The number of aromatic nitrogens is 2. The Bertz CT molecular complexity index is 644. The fraction of sp³-hybridized carbons (Fsp3) is 0.690. The molecule has 0 unspecified atom stereocenters. The Morgan fingerprint density at radius 3 is 1.74 bits per heavy atom. The zero-order chi connectivity index (χ0) is 22.0. The Balaban J connectivity index is 1.33. The van der Waals surface area contributed by atoms with Crippen molar-refractivity contribution in [3.05, 3.63) is 54.6 Å². The number of hydrogen-bond acceptors (Lipinski definition) is 0. The Labute approximate surface area is 193 Å². The molecule has 2 aromatic rings. The molecule has 0 aliphatic heterocycles. The van der Waals surface area contributed by atoms with Crippen molar-refractivity contribution in [2.45, 2.75) is 123 Å². The van der Waals surface area contributed by atoms with Gasteiger partial charge in [-0.2, -0.15) is 0 Å². The lowest BCUT2D eigenvalue weighted by Crippen LogP contribution is -2.30. The van der Waals surface area contributed by atoms with E-state index in [9.17, 15) is 0 Å². The quantitative estimate of drug-likeness (QED) is 0.158. The highest BCUT2D eigenvalue weighted by Gasteiger charge is 2.04. The molecule has 0 amide bonds. The minimum atomic E-state index is 0.886. The molecule has 0 bridgehead atoms.